The highest BCUT2D eigenvalue weighted by molar-refractivity contribution is 5.96. The minimum atomic E-state index is -0.357. The maximum atomic E-state index is 13.6. The topological polar surface area (TPSA) is 70.7 Å². The molecule has 144 valence electrons. The Kier molecular flexibility index (Phi) is 7.31. The van der Waals surface area contributed by atoms with Crippen molar-refractivity contribution in [2.45, 2.75) is 13.5 Å². The predicted octanol–water partition coefficient (Wildman–Crippen LogP) is 2.33. The summed E-state index contributed by atoms with van der Waals surface area (Å²) in [5.74, 6) is -0.440. The van der Waals surface area contributed by atoms with Crippen LogP contribution in [0.2, 0.25) is 0 Å². The Morgan fingerprint density at radius 1 is 1.15 bits per heavy atom. The molecule has 0 atom stereocenters. The highest BCUT2D eigenvalue weighted by Crippen LogP contribution is 2.24. The highest BCUT2D eigenvalue weighted by atomic mass is 19.1. The van der Waals surface area contributed by atoms with Crippen molar-refractivity contribution in [2.75, 3.05) is 32.6 Å². The minimum absolute atomic E-state index is 0.0510. The first-order valence-corrected chi connectivity index (χ1v) is 8.52. The number of halogens is 1. The summed E-state index contributed by atoms with van der Waals surface area (Å²) in [6, 6.07) is 11.9. The molecule has 0 heterocycles. The van der Waals surface area contributed by atoms with Crippen LogP contribution in [-0.2, 0) is 16.1 Å². The van der Waals surface area contributed by atoms with Gasteiger partial charge >= 0.3 is 0 Å². The Labute approximate surface area is 158 Å². The van der Waals surface area contributed by atoms with Crippen LogP contribution in [0.15, 0.2) is 42.5 Å². The molecule has 27 heavy (non-hydrogen) atoms. The zero-order valence-electron chi connectivity index (χ0n) is 15.7. The third-order valence-electron chi connectivity index (χ3n) is 3.89. The van der Waals surface area contributed by atoms with E-state index >= 15 is 0 Å². The quantitative estimate of drug-likeness (QED) is 0.745. The van der Waals surface area contributed by atoms with E-state index < -0.39 is 0 Å². The van der Waals surface area contributed by atoms with Gasteiger partial charge in [0.25, 0.3) is 0 Å². The average molecular weight is 373 g/mol. The number of methoxy groups -OCH3 is 1. The predicted molar refractivity (Wildman–Crippen MR) is 102 cm³/mol. The standard InChI is InChI=1S/C20H24FN3O3/c1-14-8-9-18(27-3)17(10-14)23-19(25)11-22-20(26)13-24(2)12-15-6-4-5-7-16(15)21/h4-10H,11-13H2,1-3H3,(H,22,26)(H,23,25). The van der Waals surface area contributed by atoms with Crippen LogP contribution in [0, 0.1) is 12.7 Å². The van der Waals surface area contributed by atoms with Crippen LogP contribution in [0.4, 0.5) is 10.1 Å². The lowest BCUT2D eigenvalue weighted by atomic mass is 10.2. The van der Waals surface area contributed by atoms with Crippen LogP contribution in [-0.4, -0.2) is 44.0 Å². The molecule has 0 spiro atoms. The number of hydrogen-bond donors (Lipinski definition) is 2. The fourth-order valence-electron chi connectivity index (χ4n) is 2.57. The van der Waals surface area contributed by atoms with Crippen molar-refractivity contribution in [3.8, 4) is 5.75 Å². The second-order valence-corrected chi connectivity index (χ2v) is 6.29. The number of likely N-dealkylation sites (N-methyl/N-ethyl adjacent to an activating group) is 1. The van der Waals surface area contributed by atoms with Gasteiger partial charge in [-0.25, -0.2) is 4.39 Å². The first-order chi connectivity index (χ1) is 12.9. The number of amides is 2. The van der Waals surface area contributed by atoms with Crippen LogP contribution >= 0.6 is 0 Å². The SMILES string of the molecule is COc1ccc(C)cc1NC(=O)CNC(=O)CN(C)Cc1ccccc1F. The van der Waals surface area contributed by atoms with Gasteiger partial charge in [0.2, 0.25) is 11.8 Å². The van der Waals surface area contributed by atoms with E-state index in [0.717, 1.165) is 5.56 Å². The lowest BCUT2D eigenvalue weighted by molar-refractivity contribution is -0.124. The zero-order chi connectivity index (χ0) is 19.8. The van der Waals surface area contributed by atoms with Gasteiger partial charge in [0.05, 0.1) is 25.9 Å². The molecule has 0 radical (unpaired) electrons. The van der Waals surface area contributed by atoms with E-state index in [-0.39, 0.29) is 30.7 Å². The van der Waals surface area contributed by atoms with Crippen molar-refractivity contribution in [2.24, 2.45) is 0 Å². The van der Waals surface area contributed by atoms with E-state index in [2.05, 4.69) is 10.6 Å². The van der Waals surface area contributed by atoms with E-state index in [9.17, 15) is 14.0 Å². The van der Waals surface area contributed by atoms with E-state index in [1.807, 2.05) is 13.0 Å². The molecule has 0 bridgehead atoms. The van der Waals surface area contributed by atoms with Crippen LogP contribution in [0.5, 0.6) is 5.75 Å². The van der Waals surface area contributed by atoms with Gasteiger partial charge in [-0.3, -0.25) is 14.5 Å². The third-order valence-corrected chi connectivity index (χ3v) is 3.89. The summed E-state index contributed by atoms with van der Waals surface area (Å²) in [4.78, 5) is 25.8. The van der Waals surface area contributed by atoms with Crippen molar-refractivity contribution < 1.29 is 18.7 Å². The molecule has 0 aliphatic carbocycles. The monoisotopic (exact) mass is 373 g/mol. The summed E-state index contributed by atoms with van der Waals surface area (Å²) in [5, 5.41) is 5.28. The van der Waals surface area contributed by atoms with Crippen molar-refractivity contribution in [3.63, 3.8) is 0 Å². The van der Waals surface area contributed by atoms with Gasteiger partial charge in [0, 0.05) is 12.1 Å². The summed E-state index contributed by atoms with van der Waals surface area (Å²) in [6.45, 7) is 2.09. The fourth-order valence-corrected chi connectivity index (χ4v) is 2.57. The number of ether oxygens (including phenoxy) is 1. The van der Waals surface area contributed by atoms with E-state index in [1.165, 1.54) is 13.2 Å². The Balaban J connectivity index is 1.80. The molecule has 0 aromatic heterocycles. The van der Waals surface area contributed by atoms with Gasteiger partial charge in [-0.1, -0.05) is 24.3 Å². The van der Waals surface area contributed by atoms with E-state index in [1.54, 1.807) is 42.3 Å². The largest absolute Gasteiger partial charge is 0.495 e. The number of nitrogens with zero attached hydrogens (tertiary/aromatic N) is 1. The number of anilines is 1. The fraction of sp³-hybridized carbons (Fsp3) is 0.300. The Hall–Kier alpha value is -2.93. The number of aryl methyl sites for hydroxylation is 1. The van der Waals surface area contributed by atoms with Crippen LogP contribution in [0.3, 0.4) is 0 Å². The molecule has 6 nitrogen and oxygen atoms in total. The number of carbonyl (C=O) groups is 2. The van der Waals surface area contributed by atoms with Crippen molar-refractivity contribution in [1.29, 1.82) is 0 Å². The Morgan fingerprint density at radius 3 is 2.59 bits per heavy atom. The minimum Gasteiger partial charge on any atom is -0.495 e. The number of hydrogen-bond acceptors (Lipinski definition) is 4. The first-order valence-electron chi connectivity index (χ1n) is 8.52. The summed E-state index contributed by atoms with van der Waals surface area (Å²) in [6.07, 6.45) is 0. The maximum Gasteiger partial charge on any atom is 0.243 e. The van der Waals surface area contributed by atoms with Crippen molar-refractivity contribution in [3.05, 3.63) is 59.4 Å². The molecular formula is C20H24FN3O3. The molecule has 0 unspecified atom stereocenters. The lowest BCUT2D eigenvalue weighted by Gasteiger charge is -2.17. The van der Waals surface area contributed by atoms with Crippen LogP contribution < -0.4 is 15.4 Å². The summed E-state index contributed by atoms with van der Waals surface area (Å²) >= 11 is 0. The molecule has 0 fully saturated rings. The molecule has 0 saturated carbocycles. The lowest BCUT2D eigenvalue weighted by Crippen LogP contribution is -2.39. The van der Waals surface area contributed by atoms with Crippen molar-refractivity contribution >= 4 is 17.5 Å². The molecule has 0 aliphatic rings. The summed E-state index contributed by atoms with van der Waals surface area (Å²) < 4.78 is 18.9. The van der Waals surface area contributed by atoms with Crippen molar-refractivity contribution in [1.82, 2.24) is 10.2 Å². The Bertz CT molecular complexity index is 811. The molecule has 0 saturated heterocycles. The highest BCUT2D eigenvalue weighted by Gasteiger charge is 2.12. The van der Waals surface area contributed by atoms with Gasteiger partial charge in [-0.05, 0) is 37.7 Å². The van der Waals surface area contributed by atoms with E-state index in [4.69, 9.17) is 4.74 Å². The smallest absolute Gasteiger partial charge is 0.243 e. The number of benzene rings is 2. The summed E-state index contributed by atoms with van der Waals surface area (Å²) in [7, 11) is 3.23. The molecule has 2 rings (SSSR count). The molecule has 2 aromatic carbocycles. The average Bonchev–Trinajstić information content (AvgIpc) is 2.62. The zero-order valence-corrected chi connectivity index (χ0v) is 15.7. The summed E-state index contributed by atoms with van der Waals surface area (Å²) in [5.41, 5.74) is 2.04. The molecule has 2 aromatic rings. The number of rotatable bonds is 8. The molecular weight excluding hydrogens is 349 g/mol. The number of nitrogens with one attached hydrogen (secondary N) is 2. The second-order valence-electron chi connectivity index (χ2n) is 6.29. The molecule has 0 aliphatic heterocycles. The molecule has 2 amide bonds. The molecule has 2 N–H and O–H groups in total. The van der Waals surface area contributed by atoms with Gasteiger partial charge in [0.15, 0.2) is 0 Å². The Morgan fingerprint density at radius 2 is 1.89 bits per heavy atom. The third kappa shape index (κ3) is 6.38. The van der Waals surface area contributed by atoms with Gasteiger partial charge in [0.1, 0.15) is 11.6 Å². The van der Waals surface area contributed by atoms with E-state index in [0.29, 0.717) is 23.5 Å². The number of carbonyl (C=O) groups excluding carboxylic acids is 2. The first kappa shape index (κ1) is 20.4. The normalized spacial score (nSPS) is 10.6. The van der Waals surface area contributed by atoms with Gasteiger partial charge in [-0.15, -0.1) is 0 Å². The van der Waals surface area contributed by atoms with Gasteiger partial charge < -0.3 is 15.4 Å². The molecule has 7 heteroatoms. The van der Waals surface area contributed by atoms with Crippen LogP contribution in [0.25, 0.3) is 0 Å². The maximum absolute atomic E-state index is 13.6. The van der Waals surface area contributed by atoms with Crippen LogP contribution in [0.1, 0.15) is 11.1 Å². The second kappa shape index (κ2) is 9.68. The van der Waals surface area contributed by atoms with Gasteiger partial charge in [-0.2, -0.15) is 0 Å².